The summed E-state index contributed by atoms with van der Waals surface area (Å²) in [5, 5.41) is 21.5. The van der Waals surface area contributed by atoms with Crippen LogP contribution >= 0.6 is 11.3 Å². The molecule has 10 heteroatoms. The summed E-state index contributed by atoms with van der Waals surface area (Å²) in [5.41, 5.74) is 0.929. The minimum atomic E-state index is -1.04. The number of carbonyl (C=O) groups excluding carboxylic acids is 2. The zero-order valence-electron chi connectivity index (χ0n) is 20.3. The number of phenolic OH excluding ortho intramolecular Hbond substituents is 1. The average Bonchev–Trinajstić information content (AvgIpc) is 3.56. The SMILES string of the molecule is CCOc1ccc2nc(N3C(=O)C(O)=C(C(=O)c4ccc(C)o4)C3c3ccc(O)c(OCC)c3)sc2c1. The second-order valence-electron chi connectivity index (χ2n) is 8.30. The minimum absolute atomic E-state index is 0.00633. The fourth-order valence-electron chi connectivity index (χ4n) is 4.26. The Morgan fingerprint density at radius 2 is 1.86 bits per heavy atom. The number of nitrogens with zero attached hydrogens (tertiary/aromatic N) is 2. The maximum atomic E-state index is 13.5. The van der Waals surface area contributed by atoms with Gasteiger partial charge in [0.1, 0.15) is 11.5 Å². The maximum Gasteiger partial charge on any atom is 0.296 e. The van der Waals surface area contributed by atoms with E-state index in [2.05, 4.69) is 4.98 Å². The van der Waals surface area contributed by atoms with Crippen LogP contribution in [0.2, 0.25) is 0 Å². The number of aliphatic hydroxyl groups excluding tert-OH is 1. The summed E-state index contributed by atoms with van der Waals surface area (Å²) in [7, 11) is 0. The second kappa shape index (κ2) is 9.62. The van der Waals surface area contributed by atoms with Gasteiger partial charge in [0, 0.05) is 0 Å². The molecule has 0 aliphatic carbocycles. The summed E-state index contributed by atoms with van der Waals surface area (Å²) in [6.45, 7) is 6.15. The van der Waals surface area contributed by atoms with Crippen molar-refractivity contribution < 1.29 is 33.7 Å². The zero-order chi connectivity index (χ0) is 26.3. The number of ether oxygens (including phenoxy) is 2. The summed E-state index contributed by atoms with van der Waals surface area (Å²) >= 11 is 1.23. The van der Waals surface area contributed by atoms with Crippen LogP contribution < -0.4 is 14.4 Å². The standard InChI is InChI=1S/C27H24N2O7S/c1-4-34-16-8-9-17-21(13-16)37-27(28-17)29-23(15-7-10-18(30)20(12-15)35-5-2)22(25(32)26(29)33)24(31)19-11-6-14(3)36-19/h6-13,23,30,32H,4-5H2,1-3H3. The molecule has 4 aromatic rings. The number of thiazole rings is 1. The molecule has 0 fully saturated rings. The molecule has 1 aliphatic heterocycles. The Bertz CT molecular complexity index is 1550. The molecule has 190 valence electrons. The Morgan fingerprint density at radius 1 is 1.08 bits per heavy atom. The number of ketones is 1. The van der Waals surface area contributed by atoms with Crippen molar-refractivity contribution in [3.05, 3.63) is 76.9 Å². The van der Waals surface area contributed by atoms with Crippen LogP contribution in [0.15, 0.2) is 64.3 Å². The van der Waals surface area contributed by atoms with Crippen molar-refractivity contribution in [3.63, 3.8) is 0 Å². The van der Waals surface area contributed by atoms with Gasteiger partial charge in [-0.05, 0) is 68.8 Å². The Hall–Kier alpha value is -4.31. The van der Waals surface area contributed by atoms with Crippen LogP contribution in [0.3, 0.4) is 0 Å². The van der Waals surface area contributed by atoms with E-state index in [4.69, 9.17) is 13.9 Å². The molecule has 0 bridgehead atoms. The third-order valence-corrected chi connectivity index (χ3v) is 6.90. The summed E-state index contributed by atoms with van der Waals surface area (Å²) in [4.78, 5) is 32.9. The quantitative estimate of drug-likeness (QED) is 0.293. The normalized spacial score (nSPS) is 15.6. The van der Waals surface area contributed by atoms with E-state index >= 15 is 0 Å². The van der Waals surface area contributed by atoms with E-state index in [0.29, 0.717) is 35.8 Å². The van der Waals surface area contributed by atoms with Gasteiger partial charge in [-0.25, -0.2) is 4.98 Å². The number of amides is 1. The van der Waals surface area contributed by atoms with Crippen molar-refractivity contribution in [1.29, 1.82) is 0 Å². The minimum Gasteiger partial charge on any atom is -0.504 e. The van der Waals surface area contributed by atoms with E-state index in [-0.39, 0.29) is 28.0 Å². The lowest BCUT2D eigenvalue weighted by Crippen LogP contribution is -2.31. The number of furan rings is 1. The molecule has 1 aliphatic rings. The van der Waals surface area contributed by atoms with Gasteiger partial charge >= 0.3 is 0 Å². The first kappa shape index (κ1) is 24.4. The number of hydrogen-bond acceptors (Lipinski definition) is 9. The largest absolute Gasteiger partial charge is 0.504 e. The molecule has 2 aromatic carbocycles. The summed E-state index contributed by atoms with van der Waals surface area (Å²) in [5.74, 6) is -0.820. The Morgan fingerprint density at radius 3 is 2.57 bits per heavy atom. The summed E-state index contributed by atoms with van der Waals surface area (Å²) in [6.07, 6.45) is 0. The van der Waals surface area contributed by atoms with Gasteiger partial charge in [-0.15, -0.1) is 0 Å². The van der Waals surface area contributed by atoms with E-state index in [1.807, 2.05) is 13.0 Å². The number of hydrogen-bond donors (Lipinski definition) is 2. The van der Waals surface area contributed by atoms with Crippen molar-refractivity contribution in [1.82, 2.24) is 4.98 Å². The number of rotatable bonds is 8. The molecule has 0 spiro atoms. The fraction of sp³-hybridized carbons (Fsp3) is 0.222. The molecule has 0 saturated heterocycles. The number of aromatic nitrogens is 1. The van der Waals surface area contributed by atoms with Gasteiger partial charge in [-0.3, -0.25) is 14.5 Å². The molecule has 9 nitrogen and oxygen atoms in total. The van der Waals surface area contributed by atoms with Crippen molar-refractivity contribution in [3.8, 4) is 17.2 Å². The van der Waals surface area contributed by atoms with Gasteiger partial charge in [0.25, 0.3) is 5.91 Å². The molecule has 0 saturated carbocycles. The predicted molar refractivity (Wildman–Crippen MR) is 138 cm³/mol. The van der Waals surface area contributed by atoms with Gasteiger partial charge < -0.3 is 24.1 Å². The molecule has 1 unspecified atom stereocenters. The van der Waals surface area contributed by atoms with Crippen LogP contribution in [0.4, 0.5) is 5.13 Å². The monoisotopic (exact) mass is 520 g/mol. The first-order valence-electron chi connectivity index (χ1n) is 11.7. The predicted octanol–water partition coefficient (Wildman–Crippen LogP) is 5.48. The van der Waals surface area contributed by atoms with Crippen LogP contribution in [-0.2, 0) is 4.79 Å². The second-order valence-corrected chi connectivity index (χ2v) is 9.31. The number of aliphatic hydroxyl groups is 1. The number of carbonyl (C=O) groups is 2. The first-order valence-corrected chi connectivity index (χ1v) is 12.5. The van der Waals surface area contributed by atoms with Crippen molar-refractivity contribution >= 4 is 38.4 Å². The number of anilines is 1. The molecule has 1 amide bonds. The van der Waals surface area contributed by atoms with Gasteiger partial charge in [0.2, 0.25) is 5.78 Å². The van der Waals surface area contributed by atoms with Crippen LogP contribution in [0.25, 0.3) is 10.2 Å². The van der Waals surface area contributed by atoms with E-state index < -0.39 is 23.5 Å². The Balaban J connectivity index is 1.66. The maximum absolute atomic E-state index is 13.5. The third kappa shape index (κ3) is 4.29. The third-order valence-electron chi connectivity index (χ3n) is 5.88. The molecule has 3 heterocycles. The van der Waals surface area contributed by atoms with Gasteiger partial charge in [-0.1, -0.05) is 17.4 Å². The highest BCUT2D eigenvalue weighted by atomic mass is 32.1. The lowest BCUT2D eigenvalue weighted by molar-refractivity contribution is -0.117. The van der Waals surface area contributed by atoms with E-state index in [0.717, 1.165) is 4.70 Å². The number of phenols is 1. The molecule has 2 N–H and O–H groups in total. The Labute approximate surface area is 216 Å². The molecule has 37 heavy (non-hydrogen) atoms. The van der Waals surface area contributed by atoms with Crippen molar-refractivity contribution in [2.45, 2.75) is 26.8 Å². The van der Waals surface area contributed by atoms with Gasteiger partial charge in [-0.2, -0.15) is 0 Å². The molecule has 5 rings (SSSR count). The van der Waals surface area contributed by atoms with E-state index in [1.54, 1.807) is 44.2 Å². The smallest absolute Gasteiger partial charge is 0.296 e. The number of Topliss-reactive ketones (excluding diaryl/α,β-unsaturated/α-hetero) is 1. The van der Waals surface area contributed by atoms with Gasteiger partial charge in [0.15, 0.2) is 28.1 Å². The van der Waals surface area contributed by atoms with Crippen molar-refractivity contribution in [2.24, 2.45) is 0 Å². The Kier molecular flexibility index (Phi) is 6.34. The lowest BCUT2D eigenvalue weighted by Gasteiger charge is -2.24. The van der Waals surface area contributed by atoms with E-state index in [1.165, 1.54) is 28.4 Å². The molecule has 2 aromatic heterocycles. The average molecular weight is 521 g/mol. The number of benzene rings is 2. The highest BCUT2D eigenvalue weighted by Gasteiger charge is 2.46. The van der Waals surface area contributed by atoms with Crippen molar-refractivity contribution in [2.75, 3.05) is 18.1 Å². The molecule has 1 atom stereocenters. The molecule has 0 radical (unpaired) electrons. The number of aryl methyl sites for hydroxylation is 1. The van der Waals surface area contributed by atoms with Crippen LogP contribution in [0.1, 0.15) is 41.8 Å². The lowest BCUT2D eigenvalue weighted by atomic mass is 9.95. The van der Waals surface area contributed by atoms with Crippen LogP contribution in [0, 0.1) is 6.92 Å². The van der Waals surface area contributed by atoms with Crippen LogP contribution in [-0.4, -0.2) is 40.1 Å². The first-order chi connectivity index (χ1) is 17.8. The number of aromatic hydroxyl groups is 1. The number of fused-ring (bicyclic) bond motifs is 1. The zero-order valence-corrected chi connectivity index (χ0v) is 21.2. The molecular weight excluding hydrogens is 496 g/mol. The summed E-state index contributed by atoms with van der Waals surface area (Å²) in [6, 6.07) is 12.0. The summed E-state index contributed by atoms with van der Waals surface area (Å²) < 4.78 is 17.4. The highest BCUT2D eigenvalue weighted by molar-refractivity contribution is 7.22. The fourth-order valence-corrected chi connectivity index (χ4v) is 5.28. The van der Waals surface area contributed by atoms with E-state index in [9.17, 15) is 19.8 Å². The van der Waals surface area contributed by atoms with Gasteiger partial charge in [0.05, 0.1) is 35.0 Å². The highest BCUT2D eigenvalue weighted by Crippen LogP contribution is 2.46. The molecular formula is C27H24N2O7S. The topological polar surface area (TPSA) is 122 Å². The van der Waals surface area contributed by atoms with Crippen LogP contribution in [0.5, 0.6) is 17.2 Å².